The van der Waals surface area contributed by atoms with E-state index in [1.54, 1.807) is 12.1 Å². The van der Waals surface area contributed by atoms with Crippen LogP contribution in [-0.2, 0) is 0 Å². The first-order valence-corrected chi connectivity index (χ1v) is 9.28. The molecule has 2 aromatic rings. The van der Waals surface area contributed by atoms with Crippen LogP contribution >= 0.6 is 55.1 Å². The van der Waals surface area contributed by atoms with E-state index in [1.807, 2.05) is 36.4 Å². The van der Waals surface area contributed by atoms with Gasteiger partial charge in [-0.2, -0.15) is 0 Å². The zero-order valence-corrected chi connectivity index (χ0v) is 16.5. The van der Waals surface area contributed by atoms with E-state index in [2.05, 4.69) is 31.9 Å². The van der Waals surface area contributed by atoms with Crippen LogP contribution < -0.4 is 9.47 Å². The largest absolute Gasteiger partial charge is 0.483 e. The van der Waals surface area contributed by atoms with Crippen molar-refractivity contribution >= 4 is 55.1 Å². The number of para-hydroxylation sites is 2. The average Bonchev–Trinajstić information content (AvgIpc) is 2.95. The first-order valence-electron chi connectivity index (χ1n) is 6.94. The minimum Gasteiger partial charge on any atom is -0.483 e. The van der Waals surface area contributed by atoms with Gasteiger partial charge in [0.1, 0.15) is 12.2 Å². The third kappa shape index (κ3) is 4.05. The number of rotatable bonds is 4. The highest BCUT2D eigenvalue weighted by Crippen LogP contribution is 2.37. The van der Waals surface area contributed by atoms with E-state index in [-0.39, 0.29) is 12.2 Å². The minimum atomic E-state index is -0.0996. The highest BCUT2D eigenvalue weighted by Gasteiger charge is 2.24. The van der Waals surface area contributed by atoms with Crippen molar-refractivity contribution in [2.75, 3.05) is 0 Å². The van der Waals surface area contributed by atoms with Crippen LogP contribution in [0.4, 0.5) is 0 Å². The number of ether oxygens (including phenoxy) is 2. The lowest BCUT2D eigenvalue weighted by Gasteiger charge is -2.18. The van der Waals surface area contributed by atoms with Crippen LogP contribution in [0, 0.1) is 0 Å². The van der Waals surface area contributed by atoms with E-state index in [1.165, 1.54) is 0 Å². The van der Waals surface area contributed by atoms with Gasteiger partial charge in [0, 0.05) is 6.42 Å². The molecule has 0 saturated carbocycles. The number of hydrogen-bond donors (Lipinski definition) is 0. The van der Waals surface area contributed by atoms with Crippen LogP contribution in [-0.4, -0.2) is 12.2 Å². The molecule has 1 aliphatic carbocycles. The molecule has 2 aromatic carbocycles. The van der Waals surface area contributed by atoms with Crippen LogP contribution in [0.1, 0.15) is 6.42 Å². The first-order chi connectivity index (χ1) is 11.0. The van der Waals surface area contributed by atoms with Crippen molar-refractivity contribution in [2.24, 2.45) is 0 Å². The van der Waals surface area contributed by atoms with Crippen LogP contribution in [0.25, 0.3) is 0 Å². The summed E-state index contributed by atoms with van der Waals surface area (Å²) in [4.78, 5) is 0. The molecule has 23 heavy (non-hydrogen) atoms. The van der Waals surface area contributed by atoms with Crippen molar-refractivity contribution in [1.82, 2.24) is 0 Å². The molecule has 0 aromatic heterocycles. The lowest BCUT2D eigenvalue weighted by molar-refractivity contribution is 0.179. The first kappa shape index (κ1) is 17.2. The average molecular weight is 479 g/mol. The van der Waals surface area contributed by atoms with E-state index in [4.69, 9.17) is 32.7 Å². The minimum absolute atomic E-state index is 0.0996. The normalized spacial score (nSPS) is 19.8. The summed E-state index contributed by atoms with van der Waals surface area (Å²) in [6, 6.07) is 11.1. The monoisotopic (exact) mass is 476 g/mol. The molecule has 0 amide bonds. The maximum atomic E-state index is 6.18. The van der Waals surface area contributed by atoms with Gasteiger partial charge in [-0.05, 0) is 68.3 Å². The fourth-order valence-corrected chi connectivity index (χ4v) is 3.89. The molecule has 3 rings (SSSR count). The summed E-state index contributed by atoms with van der Waals surface area (Å²) in [5, 5.41) is 1.15. The Morgan fingerprint density at radius 3 is 1.61 bits per heavy atom. The Kier molecular flexibility index (Phi) is 5.57. The molecule has 120 valence electrons. The smallest absolute Gasteiger partial charge is 0.152 e. The Hall–Kier alpha value is -0.680. The molecule has 1 aliphatic rings. The molecule has 0 N–H and O–H groups in total. The second-order valence-electron chi connectivity index (χ2n) is 5.03. The van der Waals surface area contributed by atoms with Gasteiger partial charge in [0.15, 0.2) is 11.5 Å². The molecule has 0 fully saturated rings. The molecule has 2 atom stereocenters. The van der Waals surface area contributed by atoms with Gasteiger partial charge in [-0.25, -0.2) is 0 Å². The van der Waals surface area contributed by atoms with Gasteiger partial charge in [-0.15, -0.1) is 0 Å². The Balaban J connectivity index is 1.67. The van der Waals surface area contributed by atoms with E-state index in [9.17, 15) is 0 Å². The summed E-state index contributed by atoms with van der Waals surface area (Å²) < 4.78 is 13.6. The highest BCUT2D eigenvalue weighted by molar-refractivity contribution is 9.10. The van der Waals surface area contributed by atoms with E-state index in [0.717, 1.165) is 8.95 Å². The fraction of sp³-hybridized carbons (Fsp3) is 0.176. The standard InChI is InChI=1S/C17H12Br2Cl2O2/c18-12-3-1-5-14(20)16(12)22-10-7-8-11(9-10)23-17-13(19)4-2-6-15(17)21/h1-8,10-11H,9H2/t10-,11+. The molecule has 0 aliphatic heterocycles. The lowest BCUT2D eigenvalue weighted by Crippen LogP contribution is -2.19. The van der Waals surface area contributed by atoms with Gasteiger partial charge in [0.2, 0.25) is 0 Å². The molecule has 0 spiro atoms. The topological polar surface area (TPSA) is 18.5 Å². The molecule has 0 bridgehead atoms. The molecular formula is C17H12Br2Cl2O2. The SMILES string of the molecule is Clc1cccc(Br)c1O[C@@H]1C=C[C@H](Oc2c(Cl)cccc2Br)C1. The van der Waals surface area contributed by atoms with Gasteiger partial charge >= 0.3 is 0 Å². The van der Waals surface area contributed by atoms with Gasteiger partial charge < -0.3 is 9.47 Å². The molecule has 0 unspecified atom stereocenters. The zero-order chi connectivity index (χ0) is 16.4. The summed E-state index contributed by atoms with van der Waals surface area (Å²) >= 11 is 19.3. The number of benzene rings is 2. The van der Waals surface area contributed by atoms with Gasteiger partial charge in [-0.3, -0.25) is 0 Å². The van der Waals surface area contributed by atoms with Crippen LogP contribution in [0.15, 0.2) is 57.5 Å². The fourth-order valence-electron chi connectivity index (χ4n) is 2.30. The van der Waals surface area contributed by atoms with Crippen molar-refractivity contribution in [3.05, 3.63) is 67.5 Å². The predicted octanol–water partition coefficient (Wildman–Crippen LogP) is 6.67. The summed E-state index contributed by atoms with van der Waals surface area (Å²) in [5.74, 6) is 1.28. The second-order valence-corrected chi connectivity index (χ2v) is 7.56. The second kappa shape index (κ2) is 7.47. The predicted molar refractivity (Wildman–Crippen MR) is 101 cm³/mol. The van der Waals surface area contributed by atoms with Crippen LogP contribution in [0.2, 0.25) is 10.0 Å². The lowest BCUT2D eigenvalue weighted by atomic mass is 10.2. The van der Waals surface area contributed by atoms with E-state index >= 15 is 0 Å². The van der Waals surface area contributed by atoms with Crippen molar-refractivity contribution < 1.29 is 9.47 Å². The van der Waals surface area contributed by atoms with Crippen molar-refractivity contribution in [2.45, 2.75) is 18.6 Å². The molecule has 6 heteroatoms. The third-order valence-corrected chi connectivity index (χ3v) is 5.23. The maximum Gasteiger partial charge on any atom is 0.152 e. The Bertz CT molecular complexity index is 647. The molecular weight excluding hydrogens is 467 g/mol. The number of hydrogen-bond acceptors (Lipinski definition) is 2. The van der Waals surface area contributed by atoms with Gasteiger partial charge in [-0.1, -0.05) is 35.3 Å². The Labute approximate surface area is 161 Å². The maximum absolute atomic E-state index is 6.18. The van der Waals surface area contributed by atoms with Crippen molar-refractivity contribution in [1.29, 1.82) is 0 Å². The Morgan fingerprint density at radius 1 is 0.783 bits per heavy atom. The Morgan fingerprint density at radius 2 is 1.22 bits per heavy atom. The van der Waals surface area contributed by atoms with Crippen molar-refractivity contribution in [3.63, 3.8) is 0 Å². The third-order valence-electron chi connectivity index (χ3n) is 3.38. The summed E-state index contributed by atoms with van der Waals surface area (Å²) in [7, 11) is 0. The number of halogens is 4. The summed E-state index contributed by atoms with van der Waals surface area (Å²) in [5.41, 5.74) is 0. The van der Waals surface area contributed by atoms with E-state index in [0.29, 0.717) is 28.0 Å². The summed E-state index contributed by atoms with van der Waals surface area (Å²) in [6.07, 6.45) is 4.45. The van der Waals surface area contributed by atoms with Gasteiger partial charge in [0.05, 0.1) is 19.0 Å². The van der Waals surface area contributed by atoms with Crippen molar-refractivity contribution in [3.8, 4) is 11.5 Å². The summed E-state index contributed by atoms with van der Waals surface area (Å²) in [6.45, 7) is 0. The van der Waals surface area contributed by atoms with Gasteiger partial charge in [0.25, 0.3) is 0 Å². The zero-order valence-electron chi connectivity index (χ0n) is 11.8. The molecule has 0 heterocycles. The van der Waals surface area contributed by atoms with E-state index < -0.39 is 0 Å². The highest BCUT2D eigenvalue weighted by atomic mass is 79.9. The van der Waals surface area contributed by atoms with Crippen LogP contribution in [0.3, 0.4) is 0 Å². The molecule has 0 saturated heterocycles. The molecule has 2 nitrogen and oxygen atoms in total. The molecule has 0 radical (unpaired) electrons. The quantitative estimate of drug-likeness (QED) is 0.457. The van der Waals surface area contributed by atoms with Crippen LogP contribution in [0.5, 0.6) is 11.5 Å².